The highest BCUT2D eigenvalue weighted by Crippen LogP contribution is 2.37. The highest BCUT2D eigenvalue weighted by atomic mass is 16.5. The molecule has 5 heteroatoms. The molecule has 1 aromatic heterocycles. The van der Waals surface area contributed by atoms with E-state index >= 15 is 0 Å². The quantitative estimate of drug-likeness (QED) is 0.894. The number of fused-ring (bicyclic) bond motifs is 1. The Hall–Kier alpha value is -2.48. The molecule has 0 aliphatic heterocycles. The van der Waals surface area contributed by atoms with E-state index in [-0.39, 0.29) is 0 Å². The fourth-order valence-corrected chi connectivity index (χ4v) is 1.93. The normalized spacial score (nSPS) is 9.89. The monoisotopic (exact) mass is 243 g/mol. The smallest absolute Gasteiger partial charge is 0.145 e. The Kier molecular flexibility index (Phi) is 3.20. The van der Waals surface area contributed by atoms with Gasteiger partial charge in [0.15, 0.2) is 0 Å². The first kappa shape index (κ1) is 12.0. The number of rotatable bonds is 3. The number of aromatic nitrogens is 1. The highest BCUT2D eigenvalue weighted by molar-refractivity contribution is 6.01. The molecule has 5 nitrogen and oxygen atoms in total. The molecule has 1 aromatic carbocycles. The van der Waals surface area contributed by atoms with Crippen LogP contribution in [0.3, 0.4) is 0 Å². The molecular formula is C13H13N3O2. The highest BCUT2D eigenvalue weighted by Gasteiger charge is 2.15. The lowest BCUT2D eigenvalue weighted by atomic mass is 10.1. The number of ether oxygens (including phenoxy) is 2. The summed E-state index contributed by atoms with van der Waals surface area (Å²) < 4.78 is 10.6. The van der Waals surface area contributed by atoms with E-state index in [1.807, 2.05) is 0 Å². The molecule has 0 radical (unpaired) electrons. The molecule has 0 spiro atoms. The van der Waals surface area contributed by atoms with E-state index < -0.39 is 0 Å². The predicted molar refractivity (Wildman–Crippen MR) is 69.1 cm³/mol. The molecule has 0 fully saturated rings. The van der Waals surface area contributed by atoms with Crippen LogP contribution in [-0.2, 0) is 0 Å². The third-order valence-corrected chi connectivity index (χ3v) is 2.76. The Balaban J connectivity index is 2.93. The van der Waals surface area contributed by atoms with Crippen molar-refractivity contribution in [1.29, 1.82) is 5.26 Å². The summed E-state index contributed by atoms with van der Waals surface area (Å²) in [5.41, 5.74) is 1.83. The van der Waals surface area contributed by atoms with E-state index in [2.05, 4.69) is 16.4 Å². The number of anilines is 1. The third kappa shape index (κ3) is 1.68. The number of nitriles is 1. The molecule has 0 atom stereocenters. The van der Waals surface area contributed by atoms with Crippen molar-refractivity contribution in [3.63, 3.8) is 0 Å². The summed E-state index contributed by atoms with van der Waals surface area (Å²) in [5, 5.41) is 12.9. The van der Waals surface area contributed by atoms with Gasteiger partial charge in [-0.1, -0.05) is 0 Å². The standard InChI is InChI=1S/C13H13N3O2/c1-15-12-8(6-14)7-16-13-10(18-3)5-4-9(17-2)11(12)13/h4-5,7H,1-3H3,(H,15,16). The molecule has 2 aromatic rings. The van der Waals surface area contributed by atoms with Crippen LogP contribution in [0.4, 0.5) is 5.69 Å². The summed E-state index contributed by atoms with van der Waals surface area (Å²) in [6.07, 6.45) is 1.52. The topological polar surface area (TPSA) is 67.2 Å². The molecule has 92 valence electrons. The van der Waals surface area contributed by atoms with Gasteiger partial charge in [-0.15, -0.1) is 0 Å². The van der Waals surface area contributed by atoms with Gasteiger partial charge >= 0.3 is 0 Å². The number of nitrogens with one attached hydrogen (secondary N) is 1. The zero-order valence-corrected chi connectivity index (χ0v) is 10.4. The molecule has 1 N–H and O–H groups in total. The van der Waals surface area contributed by atoms with E-state index in [1.54, 1.807) is 33.4 Å². The second kappa shape index (κ2) is 4.80. The number of hydrogen-bond acceptors (Lipinski definition) is 5. The average Bonchev–Trinajstić information content (AvgIpc) is 2.44. The summed E-state index contributed by atoms with van der Waals surface area (Å²) in [6.45, 7) is 0. The van der Waals surface area contributed by atoms with E-state index in [9.17, 15) is 0 Å². The number of benzene rings is 1. The van der Waals surface area contributed by atoms with Crippen LogP contribution in [0.2, 0.25) is 0 Å². The maximum Gasteiger partial charge on any atom is 0.145 e. The van der Waals surface area contributed by atoms with Gasteiger partial charge in [0, 0.05) is 13.2 Å². The minimum absolute atomic E-state index is 0.469. The Morgan fingerprint density at radius 2 is 1.89 bits per heavy atom. The number of methoxy groups -OCH3 is 2. The Labute approximate surface area is 105 Å². The van der Waals surface area contributed by atoms with Gasteiger partial charge in [0.2, 0.25) is 0 Å². The molecule has 0 aliphatic rings. The summed E-state index contributed by atoms with van der Waals surface area (Å²) in [6, 6.07) is 5.69. The second-order valence-electron chi connectivity index (χ2n) is 3.60. The van der Waals surface area contributed by atoms with Gasteiger partial charge in [0.25, 0.3) is 0 Å². The summed E-state index contributed by atoms with van der Waals surface area (Å²) >= 11 is 0. The molecule has 0 saturated carbocycles. The van der Waals surface area contributed by atoms with Crippen LogP contribution in [0.1, 0.15) is 5.56 Å². The maximum absolute atomic E-state index is 9.10. The third-order valence-electron chi connectivity index (χ3n) is 2.76. The van der Waals surface area contributed by atoms with Crippen LogP contribution in [0.25, 0.3) is 10.9 Å². The molecule has 1 heterocycles. The van der Waals surface area contributed by atoms with Crippen LogP contribution < -0.4 is 14.8 Å². The summed E-state index contributed by atoms with van der Waals surface area (Å²) in [5.74, 6) is 1.30. The molecule has 0 saturated heterocycles. The molecule has 0 unspecified atom stereocenters. The molecule has 0 bridgehead atoms. The van der Waals surface area contributed by atoms with Crippen molar-refractivity contribution < 1.29 is 9.47 Å². The predicted octanol–water partition coefficient (Wildman–Crippen LogP) is 2.17. The van der Waals surface area contributed by atoms with Gasteiger partial charge in [0.1, 0.15) is 23.1 Å². The van der Waals surface area contributed by atoms with Crippen LogP contribution in [0, 0.1) is 11.3 Å². The average molecular weight is 243 g/mol. The van der Waals surface area contributed by atoms with Crippen molar-refractivity contribution in [1.82, 2.24) is 4.98 Å². The first-order chi connectivity index (χ1) is 8.76. The first-order valence-corrected chi connectivity index (χ1v) is 5.38. The van der Waals surface area contributed by atoms with Crippen molar-refractivity contribution in [2.24, 2.45) is 0 Å². The van der Waals surface area contributed by atoms with Crippen molar-refractivity contribution in [2.75, 3.05) is 26.6 Å². The largest absolute Gasteiger partial charge is 0.496 e. The van der Waals surface area contributed by atoms with Gasteiger partial charge < -0.3 is 14.8 Å². The second-order valence-corrected chi connectivity index (χ2v) is 3.60. The molecule has 0 amide bonds. The lowest BCUT2D eigenvalue weighted by Gasteiger charge is -2.13. The molecule has 18 heavy (non-hydrogen) atoms. The van der Waals surface area contributed by atoms with E-state index in [4.69, 9.17) is 14.7 Å². The minimum atomic E-state index is 0.469. The van der Waals surface area contributed by atoms with E-state index in [0.717, 1.165) is 5.39 Å². The minimum Gasteiger partial charge on any atom is -0.496 e. The van der Waals surface area contributed by atoms with Gasteiger partial charge in [-0.3, -0.25) is 4.98 Å². The fraction of sp³-hybridized carbons (Fsp3) is 0.231. The van der Waals surface area contributed by atoms with Crippen molar-refractivity contribution in [3.8, 4) is 17.6 Å². The molecule has 0 aliphatic carbocycles. The first-order valence-electron chi connectivity index (χ1n) is 5.38. The Morgan fingerprint density at radius 3 is 2.44 bits per heavy atom. The zero-order valence-electron chi connectivity index (χ0n) is 10.4. The van der Waals surface area contributed by atoms with Gasteiger partial charge in [-0.25, -0.2) is 0 Å². The maximum atomic E-state index is 9.10. The fourth-order valence-electron chi connectivity index (χ4n) is 1.93. The molecule has 2 rings (SSSR count). The lowest BCUT2D eigenvalue weighted by Crippen LogP contribution is -1.99. The van der Waals surface area contributed by atoms with Crippen molar-refractivity contribution >= 4 is 16.6 Å². The van der Waals surface area contributed by atoms with Crippen LogP contribution >= 0.6 is 0 Å². The van der Waals surface area contributed by atoms with Crippen molar-refractivity contribution in [3.05, 3.63) is 23.9 Å². The number of pyridine rings is 1. The SMILES string of the molecule is CNc1c(C#N)cnc2c(OC)ccc(OC)c12. The zero-order chi connectivity index (χ0) is 13.1. The summed E-state index contributed by atoms with van der Waals surface area (Å²) in [4.78, 5) is 4.27. The van der Waals surface area contributed by atoms with Crippen LogP contribution in [-0.4, -0.2) is 26.3 Å². The molecular weight excluding hydrogens is 230 g/mol. The van der Waals surface area contributed by atoms with Crippen LogP contribution in [0.5, 0.6) is 11.5 Å². The Morgan fingerprint density at radius 1 is 1.22 bits per heavy atom. The van der Waals surface area contributed by atoms with Crippen LogP contribution in [0.15, 0.2) is 18.3 Å². The van der Waals surface area contributed by atoms with Gasteiger partial charge in [0.05, 0.1) is 30.9 Å². The summed E-state index contributed by atoms with van der Waals surface area (Å²) in [7, 11) is 4.93. The number of nitrogens with zero attached hydrogens (tertiary/aromatic N) is 2. The lowest BCUT2D eigenvalue weighted by molar-refractivity contribution is 0.410. The Bertz CT molecular complexity index is 632. The number of hydrogen-bond donors (Lipinski definition) is 1. The van der Waals surface area contributed by atoms with E-state index in [1.165, 1.54) is 6.20 Å². The van der Waals surface area contributed by atoms with Gasteiger partial charge in [-0.05, 0) is 12.1 Å². The van der Waals surface area contributed by atoms with E-state index in [0.29, 0.717) is 28.3 Å². The van der Waals surface area contributed by atoms with Crippen molar-refractivity contribution in [2.45, 2.75) is 0 Å². The van der Waals surface area contributed by atoms with Gasteiger partial charge in [-0.2, -0.15) is 5.26 Å².